The summed E-state index contributed by atoms with van der Waals surface area (Å²) in [7, 11) is 1.81. The highest BCUT2D eigenvalue weighted by Crippen LogP contribution is 2.16. The zero-order chi connectivity index (χ0) is 14.1. The van der Waals surface area contributed by atoms with E-state index in [1.807, 2.05) is 21.0 Å². The quantitative estimate of drug-likeness (QED) is 0.685. The Bertz CT molecular complexity index is 290. The molecule has 0 saturated carbocycles. The first-order valence-electron chi connectivity index (χ1n) is 7.55. The van der Waals surface area contributed by atoms with Crippen molar-refractivity contribution in [2.24, 2.45) is 0 Å². The van der Waals surface area contributed by atoms with Crippen LogP contribution in [0, 0.1) is 11.3 Å². The molecule has 1 heterocycles. The van der Waals surface area contributed by atoms with Crippen molar-refractivity contribution < 1.29 is 4.74 Å². The van der Waals surface area contributed by atoms with Crippen molar-refractivity contribution >= 4 is 0 Å². The van der Waals surface area contributed by atoms with Gasteiger partial charge in [0.25, 0.3) is 0 Å². The normalized spacial score (nSPS) is 23.8. The zero-order valence-electron chi connectivity index (χ0n) is 12.7. The lowest BCUT2D eigenvalue weighted by atomic mass is 9.96. The molecule has 0 aliphatic carbocycles. The molecular formula is C15H29N3O. The third-order valence-corrected chi connectivity index (χ3v) is 4.01. The number of rotatable bonds is 8. The Morgan fingerprint density at radius 2 is 2.26 bits per heavy atom. The SMILES string of the molecule is CCNC(C)(C#N)CCCCN1CCCC(OC)C1. The van der Waals surface area contributed by atoms with Crippen LogP contribution in [0.5, 0.6) is 0 Å². The van der Waals surface area contributed by atoms with E-state index in [9.17, 15) is 5.26 Å². The molecule has 110 valence electrons. The predicted octanol–water partition coefficient (Wildman–Crippen LogP) is 2.16. The average molecular weight is 267 g/mol. The van der Waals surface area contributed by atoms with E-state index in [2.05, 4.69) is 16.3 Å². The standard InChI is InChI=1S/C15H29N3O/c1-4-17-15(2,13-16)9-5-6-10-18-11-7-8-14(12-18)19-3/h14,17H,4-12H2,1-3H3. The van der Waals surface area contributed by atoms with Crippen LogP contribution in [0.25, 0.3) is 0 Å². The van der Waals surface area contributed by atoms with Gasteiger partial charge in [-0.3, -0.25) is 5.32 Å². The Morgan fingerprint density at radius 1 is 1.47 bits per heavy atom. The minimum atomic E-state index is -0.355. The van der Waals surface area contributed by atoms with Gasteiger partial charge in [0.2, 0.25) is 0 Å². The molecule has 0 spiro atoms. The number of nitriles is 1. The molecule has 2 unspecified atom stereocenters. The zero-order valence-corrected chi connectivity index (χ0v) is 12.7. The number of ether oxygens (including phenoxy) is 1. The maximum atomic E-state index is 9.19. The lowest BCUT2D eigenvalue weighted by Crippen LogP contribution is -2.41. The number of likely N-dealkylation sites (tertiary alicyclic amines) is 1. The molecule has 0 aromatic carbocycles. The minimum absolute atomic E-state index is 0.355. The highest BCUT2D eigenvalue weighted by atomic mass is 16.5. The molecule has 0 aromatic rings. The number of nitrogens with zero attached hydrogens (tertiary/aromatic N) is 2. The predicted molar refractivity (Wildman–Crippen MR) is 78.0 cm³/mol. The van der Waals surface area contributed by atoms with E-state index in [1.54, 1.807) is 0 Å². The van der Waals surface area contributed by atoms with Crippen LogP contribution in [0.15, 0.2) is 0 Å². The Morgan fingerprint density at radius 3 is 2.89 bits per heavy atom. The minimum Gasteiger partial charge on any atom is -0.380 e. The van der Waals surface area contributed by atoms with E-state index in [-0.39, 0.29) is 5.54 Å². The van der Waals surface area contributed by atoms with Crippen molar-refractivity contribution in [1.82, 2.24) is 10.2 Å². The summed E-state index contributed by atoms with van der Waals surface area (Å²) in [5.74, 6) is 0. The molecule has 1 saturated heterocycles. The van der Waals surface area contributed by atoms with Crippen molar-refractivity contribution in [2.45, 2.75) is 57.6 Å². The van der Waals surface area contributed by atoms with Crippen LogP contribution in [-0.2, 0) is 4.74 Å². The molecule has 1 aliphatic rings. The number of hydrogen-bond acceptors (Lipinski definition) is 4. The maximum Gasteiger partial charge on any atom is 0.103 e. The van der Waals surface area contributed by atoms with E-state index < -0.39 is 0 Å². The molecule has 19 heavy (non-hydrogen) atoms. The summed E-state index contributed by atoms with van der Waals surface area (Å²) >= 11 is 0. The first kappa shape index (κ1) is 16.4. The molecule has 4 heteroatoms. The van der Waals surface area contributed by atoms with E-state index >= 15 is 0 Å². The Hall–Kier alpha value is -0.630. The van der Waals surface area contributed by atoms with Gasteiger partial charge in [-0.05, 0) is 58.7 Å². The molecule has 4 nitrogen and oxygen atoms in total. The molecule has 0 radical (unpaired) electrons. The molecule has 0 aromatic heterocycles. The van der Waals surface area contributed by atoms with Crippen molar-refractivity contribution in [3.63, 3.8) is 0 Å². The number of nitrogens with one attached hydrogen (secondary N) is 1. The van der Waals surface area contributed by atoms with Gasteiger partial charge in [0.1, 0.15) is 5.54 Å². The van der Waals surface area contributed by atoms with Gasteiger partial charge >= 0.3 is 0 Å². The van der Waals surface area contributed by atoms with E-state index in [4.69, 9.17) is 4.74 Å². The number of hydrogen-bond donors (Lipinski definition) is 1. The third kappa shape index (κ3) is 5.90. The van der Waals surface area contributed by atoms with Crippen molar-refractivity contribution in [3.05, 3.63) is 0 Å². The summed E-state index contributed by atoms with van der Waals surface area (Å²) < 4.78 is 5.44. The van der Waals surface area contributed by atoms with Gasteiger partial charge in [-0.2, -0.15) is 5.26 Å². The van der Waals surface area contributed by atoms with E-state index in [0.29, 0.717) is 6.10 Å². The maximum absolute atomic E-state index is 9.19. The topological polar surface area (TPSA) is 48.3 Å². The van der Waals surface area contributed by atoms with Gasteiger partial charge < -0.3 is 9.64 Å². The Labute approximate surface area is 118 Å². The Balaban J connectivity index is 2.18. The fourth-order valence-electron chi connectivity index (χ4n) is 2.80. The fraction of sp³-hybridized carbons (Fsp3) is 0.933. The van der Waals surface area contributed by atoms with Crippen LogP contribution in [-0.4, -0.2) is 49.8 Å². The molecule has 1 N–H and O–H groups in total. The van der Waals surface area contributed by atoms with Crippen molar-refractivity contribution in [3.8, 4) is 6.07 Å². The van der Waals surface area contributed by atoms with E-state index in [0.717, 1.165) is 32.5 Å². The summed E-state index contributed by atoms with van der Waals surface area (Å²) in [6, 6.07) is 2.39. The summed E-state index contributed by atoms with van der Waals surface area (Å²) in [6.45, 7) is 8.30. The van der Waals surface area contributed by atoms with Gasteiger partial charge in [0.05, 0.1) is 12.2 Å². The van der Waals surface area contributed by atoms with Crippen LogP contribution in [0.4, 0.5) is 0 Å². The third-order valence-electron chi connectivity index (χ3n) is 4.01. The summed E-state index contributed by atoms with van der Waals surface area (Å²) in [6.07, 6.45) is 6.05. The summed E-state index contributed by atoms with van der Waals surface area (Å²) in [5.41, 5.74) is -0.355. The van der Waals surface area contributed by atoms with Gasteiger partial charge in [0, 0.05) is 13.7 Å². The first-order valence-corrected chi connectivity index (χ1v) is 7.55. The molecule has 1 fully saturated rings. The monoisotopic (exact) mass is 267 g/mol. The van der Waals surface area contributed by atoms with E-state index in [1.165, 1.54) is 25.8 Å². The first-order chi connectivity index (χ1) is 9.13. The highest BCUT2D eigenvalue weighted by Gasteiger charge is 2.22. The van der Waals surface area contributed by atoms with Crippen LogP contribution in [0.2, 0.25) is 0 Å². The number of methoxy groups -OCH3 is 1. The fourth-order valence-corrected chi connectivity index (χ4v) is 2.80. The van der Waals surface area contributed by atoms with Gasteiger partial charge in [0.15, 0.2) is 0 Å². The highest BCUT2D eigenvalue weighted by molar-refractivity contribution is 5.03. The van der Waals surface area contributed by atoms with Crippen LogP contribution in [0.1, 0.15) is 46.0 Å². The molecule has 1 rings (SSSR count). The van der Waals surface area contributed by atoms with Crippen molar-refractivity contribution in [2.75, 3.05) is 33.3 Å². The lowest BCUT2D eigenvalue weighted by molar-refractivity contribution is 0.0308. The largest absolute Gasteiger partial charge is 0.380 e. The number of piperidine rings is 1. The van der Waals surface area contributed by atoms with Gasteiger partial charge in [-0.15, -0.1) is 0 Å². The number of unbranched alkanes of at least 4 members (excludes halogenated alkanes) is 1. The van der Waals surface area contributed by atoms with Crippen molar-refractivity contribution in [1.29, 1.82) is 5.26 Å². The Kier molecular flexibility index (Phi) is 7.37. The molecule has 1 aliphatic heterocycles. The van der Waals surface area contributed by atoms with Crippen LogP contribution < -0.4 is 5.32 Å². The second kappa shape index (κ2) is 8.52. The second-order valence-corrected chi connectivity index (χ2v) is 5.73. The molecule has 0 bridgehead atoms. The van der Waals surface area contributed by atoms with Gasteiger partial charge in [-0.1, -0.05) is 6.92 Å². The van der Waals surface area contributed by atoms with Gasteiger partial charge in [-0.25, -0.2) is 0 Å². The average Bonchev–Trinajstić information content (AvgIpc) is 2.44. The summed E-state index contributed by atoms with van der Waals surface area (Å²) in [5, 5.41) is 12.5. The van der Waals surface area contributed by atoms with Crippen LogP contribution in [0.3, 0.4) is 0 Å². The second-order valence-electron chi connectivity index (χ2n) is 5.73. The molecule has 2 atom stereocenters. The van der Waals surface area contributed by atoms with Crippen LogP contribution >= 0.6 is 0 Å². The lowest BCUT2D eigenvalue weighted by Gasteiger charge is -2.32. The smallest absolute Gasteiger partial charge is 0.103 e. The molecule has 0 amide bonds. The summed E-state index contributed by atoms with van der Waals surface area (Å²) in [4.78, 5) is 2.49. The molecular weight excluding hydrogens is 238 g/mol.